The highest BCUT2D eigenvalue weighted by molar-refractivity contribution is 14.1. The lowest BCUT2D eigenvalue weighted by atomic mass is 10.2. The molecule has 6 heteroatoms. The maximum Gasteiger partial charge on any atom is 0.136 e. The van der Waals surface area contributed by atoms with Crippen molar-refractivity contribution in [3.8, 4) is 0 Å². The summed E-state index contributed by atoms with van der Waals surface area (Å²) in [5.41, 5.74) is 0.830. The van der Waals surface area contributed by atoms with E-state index in [1.54, 1.807) is 0 Å². The number of aromatic nitrogens is 2. The number of hydrogen-bond acceptors (Lipinski definition) is 2. The summed E-state index contributed by atoms with van der Waals surface area (Å²) in [6.07, 6.45) is 0.932. The lowest BCUT2D eigenvalue weighted by Crippen LogP contribution is -2.10. The first-order valence-electron chi connectivity index (χ1n) is 5.27. The van der Waals surface area contributed by atoms with E-state index >= 15 is 0 Å². The molecular weight excluding hydrogens is 402 g/mol. The molecule has 1 atom stereocenters. The Bertz CT molecular complexity index is 580. The van der Waals surface area contributed by atoms with Gasteiger partial charge in [-0.3, -0.25) is 4.68 Å². The zero-order chi connectivity index (χ0) is 12.0. The Kier molecular flexibility index (Phi) is 3.12. The maximum absolute atomic E-state index is 13.9. The van der Waals surface area contributed by atoms with Gasteiger partial charge in [0.25, 0.3) is 0 Å². The standard InChI is InChI=1S/C11H9BrFIN2O/c12-6-3-8(13)10-9(4-6)16(15-11(10)14)7-1-2-17-5-7/h3-4,7H,1-2,5H2. The van der Waals surface area contributed by atoms with Crippen LogP contribution in [0.3, 0.4) is 0 Å². The van der Waals surface area contributed by atoms with Gasteiger partial charge in [-0.05, 0) is 41.1 Å². The Balaban J connectivity index is 2.25. The zero-order valence-corrected chi connectivity index (χ0v) is 12.5. The van der Waals surface area contributed by atoms with Gasteiger partial charge in [-0.1, -0.05) is 15.9 Å². The monoisotopic (exact) mass is 410 g/mol. The lowest BCUT2D eigenvalue weighted by Gasteiger charge is -2.09. The predicted octanol–water partition coefficient (Wildman–Crippen LogP) is 3.50. The quantitative estimate of drug-likeness (QED) is 0.673. The van der Waals surface area contributed by atoms with Crippen LogP contribution >= 0.6 is 38.5 Å². The molecule has 1 aliphatic rings. The molecule has 2 aromatic rings. The fourth-order valence-electron chi connectivity index (χ4n) is 2.14. The van der Waals surface area contributed by atoms with Crippen LogP contribution in [-0.4, -0.2) is 23.0 Å². The van der Waals surface area contributed by atoms with E-state index in [-0.39, 0.29) is 11.9 Å². The summed E-state index contributed by atoms with van der Waals surface area (Å²) in [7, 11) is 0. The van der Waals surface area contributed by atoms with E-state index in [0.29, 0.717) is 15.7 Å². The van der Waals surface area contributed by atoms with Crippen LogP contribution in [0.1, 0.15) is 12.5 Å². The average molecular weight is 411 g/mol. The van der Waals surface area contributed by atoms with Crippen molar-refractivity contribution >= 4 is 49.4 Å². The molecular formula is C11H9BrFIN2O. The van der Waals surface area contributed by atoms with Crippen LogP contribution in [0.4, 0.5) is 4.39 Å². The van der Waals surface area contributed by atoms with Crippen molar-refractivity contribution in [3.63, 3.8) is 0 Å². The van der Waals surface area contributed by atoms with Crippen molar-refractivity contribution < 1.29 is 9.13 Å². The van der Waals surface area contributed by atoms with Crippen LogP contribution < -0.4 is 0 Å². The number of ether oxygens (including phenoxy) is 1. The van der Waals surface area contributed by atoms with Gasteiger partial charge < -0.3 is 4.74 Å². The number of benzene rings is 1. The third kappa shape index (κ3) is 2.00. The first-order valence-corrected chi connectivity index (χ1v) is 7.14. The Hall–Kier alpha value is -0.210. The van der Waals surface area contributed by atoms with Crippen LogP contribution in [0.15, 0.2) is 16.6 Å². The molecule has 90 valence electrons. The molecule has 1 saturated heterocycles. The van der Waals surface area contributed by atoms with Gasteiger partial charge in [0.1, 0.15) is 9.52 Å². The molecule has 1 unspecified atom stereocenters. The normalized spacial score (nSPS) is 20.3. The van der Waals surface area contributed by atoms with Gasteiger partial charge in [0.05, 0.1) is 23.6 Å². The highest BCUT2D eigenvalue weighted by Gasteiger charge is 2.23. The number of hydrogen-bond donors (Lipinski definition) is 0. The van der Waals surface area contributed by atoms with Gasteiger partial charge >= 0.3 is 0 Å². The Morgan fingerprint density at radius 3 is 3.06 bits per heavy atom. The lowest BCUT2D eigenvalue weighted by molar-refractivity contribution is 0.185. The molecule has 1 aliphatic heterocycles. The number of rotatable bonds is 1. The first-order chi connectivity index (χ1) is 8.16. The van der Waals surface area contributed by atoms with E-state index in [0.717, 1.165) is 23.0 Å². The molecule has 1 fully saturated rings. The summed E-state index contributed by atoms with van der Waals surface area (Å²) in [5.74, 6) is -0.232. The average Bonchev–Trinajstić information content (AvgIpc) is 2.85. The van der Waals surface area contributed by atoms with Crippen molar-refractivity contribution in [1.82, 2.24) is 9.78 Å². The van der Waals surface area contributed by atoms with Crippen LogP contribution in [0, 0.1) is 9.52 Å². The molecule has 0 aliphatic carbocycles. The van der Waals surface area contributed by atoms with E-state index in [2.05, 4.69) is 43.6 Å². The fraction of sp³-hybridized carbons (Fsp3) is 0.364. The van der Waals surface area contributed by atoms with Crippen molar-refractivity contribution in [3.05, 3.63) is 26.1 Å². The van der Waals surface area contributed by atoms with E-state index in [9.17, 15) is 4.39 Å². The Morgan fingerprint density at radius 2 is 2.35 bits per heavy atom. The molecule has 0 spiro atoms. The van der Waals surface area contributed by atoms with Crippen LogP contribution in [0.25, 0.3) is 10.9 Å². The Labute approximate surface area is 120 Å². The van der Waals surface area contributed by atoms with E-state index in [1.165, 1.54) is 6.07 Å². The van der Waals surface area contributed by atoms with Gasteiger partial charge in [0.2, 0.25) is 0 Å². The van der Waals surface area contributed by atoms with Crippen molar-refractivity contribution in [1.29, 1.82) is 0 Å². The highest BCUT2D eigenvalue weighted by Crippen LogP contribution is 2.31. The largest absolute Gasteiger partial charge is 0.379 e. The van der Waals surface area contributed by atoms with Crippen LogP contribution in [0.5, 0.6) is 0 Å². The SMILES string of the molecule is Fc1cc(Br)cc2c1c(I)nn2C1CCOC1. The number of nitrogens with zero attached hydrogens (tertiary/aromatic N) is 2. The summed E-state index contributed by atoms with van der Waals surface area (Å²) < 4.78 is 22.6. The summed E-state index contributed by atoms with van der Waals surface area (Å²) in [6, 6.07) is 3.60. The van der Waals surface area contributed by atoms with E-state index < -0.39 is 0 Å². The third-order valence-corrected chi connectivity index (χ3v) is 4.15. The smallest absolute Gasteiger partial charge is 0.136 e. The second-order valence-electron chi connectivity index (χ2n) is 4.03. The number of fused-ring (bicyclic) bond motifs is 1. The van der Waals surface area contributed by atoms with Gasteiger partial charge in [-0.2, -0.15) is 5.10 Å². The van der Waals surface area contributed by atoms with E-state index in [1.807, 2.05) is 10.7 Å². The van der Waals surface area contributed by atoms with Crippen molar-refractivity contribution in [2.24, 2.45) is 0 Å². The molecule has 0 bridgehead atoms. The molecule has 0 N–H and O–H groups in total. The fourth-order valence-corrected chi connectivity index (χ4v) is 3.32. The summed E-state index contributed by atoms with van der Waals surface area (Å²) >= 11 is 5.40. The minimum Gasteiger partial charge on any atom is -0.379 e. The molecule has 0 amide bonds. The minimum absolute atomic E-state index is 0.217. The van der Waals surface area contributed by atoms with Crippen LogP contribution in [-0.2, 0) is 4.74 Å². The van der Waals surface area contributed by atoms with Gasteiger partial charge in [0.15, 0.2) is 0 Å². The number of halogens is 3. The van der Waals surface area contributed by atoms with Gasteiger partial charge in [0, 0.05) is 11.1 Å². The molecule has 1 aromatic heterocycles. The van der Waals surface area contributed by atoms with Crippen molar-refractivity contribution in [2.45, 2.75) is 12.5 Å². The topological polar surface area (TPSA) is 27.1 Å². The molecule has 1 aromatic carbocycles. The van der Waals surface area contributed by atoms with Gasteiger partial charge in [-0.25, -0.2) is 4.39 Å². The molecule has 3 nitrogen and oxygen atoms in total. The molecule has 0 radical (unpaired) electrons. The van der Waals surface area contributed by atoms with Crippen LogP contribution in [0.2, 0.25) is 0 Å². The van der Waals surface area contributed by atoms with E-state index in [4.69, 9.17) is 4.74 Å². The predicted molar refractivity (Wildman–Crippen MR) is 74.6 cm³/mol. The third-order valence-electron chi connectivity index (χ3n) is 2.93. The molecule has 0 saturated carbocycles. The minimum atomic E-state index is -0.232. The van der Waals surface area contributed by atoms with Gasteiger partial charge in [-0.15, -0.1) is 0 Å². The summed E-state index contributed by atoms with van der Waals surface area (Å²) in [5, 5.41) is 5.03. The van der Waals surface area contributed by atoms with Crippen molar-refractivity contribution in [2.75, 3.05) is 13.2 Å². The summed E-state index contributed by atoms with van der Waals surface area (Å²) in [4.78, 5) is 0. The Morgan fingerprint density at radius 1 is 1.53 bits per heavy atom. The maximum atomic E-state index is 13.9. The molecule has 17 heavy (non-hydrogen) atoms. The molecule has 2 heterocycles. The first kappa shape index (κ1) is 11.9. The summed E-state index contributed by atoms with van der Waals surface area (Å²) in [6.45, 7) is 1.40. The zero-order valence-electron chi connectivity index (χ0n) is 8.79. The second kappa shape index (κ2) is 4.47. The highest BCUT2D eigenvalue weighted by atomic mass is 127. The molecule has 3 rings (SSSR count). The second-order valence-corrected chi connectivity index (χ2v) is 5.97.